The highest BCUT2D eigenvalue weighted by atomic mass is 16.4. The number of nitrogens with one attached hydrogen (secondary N) is 5. The fourth-order valence-corrected chi connectivity index (χ4v) is 6.59. The number of hydrogen-bond donors (Lipinski definition) is 10. The number of carboxylic acids is 3. The van der Waals surface area contributed by atoms with Crippen LogP contribution in [0.25, 0.3) is 0 Å². The standard InChI is InChI=1S/C41H78BN7O10/c42-49-34(41(58)59)23-17-20-30-47-39(55)32(44)22-16-19-29-46-38(54)31(43)21-15-18-28-45-35(50)27-26-33(40(56)57)48-36(51)24-13-11-9-7-5-3-1-2-4-6-8-10-12-14-25-37(52)53/h31-34,49H,1-30,42-44H2,(H,45,50)(H,46,54)(H,47,55)(H,48,51)(H,52,53)(H,56,57)(H,58,59)/t31-,32-,33-,34-/m0/s1. The van der Waals surface area contributed by atoms with Gasteiger partial charge in [0, 0.05) is 38.9 Å². The lowest BCUT2D eigenvalue weighted by Gasteiger charge is -2.15. The van der Waals surface area contributed by atoms with E-state index in [9.17, 15) is 38.7 Å². The fraction of sp³-hybridized carbons (Fsp3) is 0.829. The first kappa shape index (κ1) is 55.2. The smallest absolute Gasteiger partial charge is 0.326 e. The highest BCUT2D eigenvalue weighted by molar-refractivity contribution is 6.06. The van der Waals surface area contributed by atoms with Gasteiger partial charge < -0.3 is 53.3 Å². The van der Waals surface area contributed by atoms with Crippen molar-refractivity contribution < 1.29 is 48.9 Å². The second-order valence-corrected chi connectivity index (χ2v) is 15.7. The van der Waals surface area contributed by atoms with Gasteiger partial charge in [0.05, 0.1) is 18.1 Å². The van der Waals surface area contributed by atoms with Crippen LogP contribution in [0.5, 0.6) is 0 Å². The van der Waals surface area contributed by atoms with Crippen LogP contribution >= 0.6 is 0 Å². The van der Waals surface area contributed by atoms with Crippen LogP contribution in [0.15, 0.2) is 0 Å². The van der Waals surface area contributed by atoms with Gasteiger partial charge in [0.1, 0.15) is 6.04 Å². The lowest BCUT2D eigenvalue weighted by atomic mass is 10.0. The van der Waals surface area contributed by atoms with Crippen molar-refractivity contribution in [1.29, 1.82) is 0 Å². The molecule has 340 valence electrons. The molecule has 0 aromatic rings. The molecule has 0 aliphatic carbocycles. The Kier molecular flexibility index (Phi) is 34.9. The van der Waals surface area contributed by atoms with E-state index in [1.165, 1.54) is 44.9 Å². The number of carbonyl (C=O) groups is 7. The molecule has 18 heteroatoms. The Morgan fingerprint density at radius 1 is 0.424 bits per heavy atom. The molecule has 0 aliphatic rings. The van der Waals surface area contributed by atoms with Crippen molar-refractivity contribution in [3.05, 3.63) is 0 Å². The van der Waals surface area contributed by atoms with Crippen LogP contribution in [0.3, 0.4) is 0 Å². The van der Waals surface area contributed by atoms with Crippen molar-refractivity contribution in [2.24, 2.45) is 11.5 Å². The van der Waals surface area contributed by atoms with Gasteiger partial charge in [0.15, 0.2) is 7.98 Å². The Balaban J connectivity index is 3.87. The summed E-state index contributed by atoms with van der Waals surface area (Å²) >= 11 is 0. The Morgan fingerprint density at radius 3 is 1.22 bits per heavy atom. The summed E-state index contributed by atoms with van der Waals surface area (Å²) in [5.74, 6) is -3.98. The van der Waals surface area contributed by atoms with Crippen LogP contribution in [-0.2, 0) is 33.6 Å². The third-order valence-electron chi connectivity index (χ3n) is 10.4. The van der Waals surface area contributed by atoms with E-state index in [0.29, 0.717) is 83.8 Å². The van der Waals surface area contributed by atoms with E-state index in [4.69, 9.17) is 21.7 Å². The largest absolute Gasteiger partial charge is 0.481 e. The van der Waals surface area contributed by atoms with E-state index in [2.05, 4.69) is 26.5 Å². The van der Waals surface area contributed by atoms with Crippen molar-refractivity contribution in [3.8, 4) is 0 Å². The van der Waals surface area contributed by atoms with E-state index >= 15 is 0 Å². The molecule has 0 radical (unpaired) electrons. The molecule has 0 spiro atoms. The molecule has 0 saturated carbocycles. The maximum Gasteiger partial charge on any atom is 0.326 e. The maximum absolute atomic E-state index is 12.4. The number of nitrogens with two attached hydrogens (primary N) is 2. The van der Waals surface area contributed by atoms with Crippen molar-refractivity contribution in [2.75, 3.05) is 19.6 Å². The van der Waals surface area contributed by atoms with E-state index in [1.807, 2.05) is 0 Å². The molecule has 0 unspecified atom stereocenters. The van der Waals surface area contributed by atoms with Gasteiger partial charge in [0.2, 0.25) is 23.6 Å². The van der Waals surface area contributed by atoms with Gasteiger partial charge in [-0.25, -0.2) is 4.79 Å². The SMILES string of the molecule is BN[C@@H](CCCCNC(=O)[C@@H](N)CCCCNC(=O)[C@@H](N)CCCCNC(=O)CC[C@H](NC(=O)CCCCCCCCCCCCCCCCC(=O)O)C(=O)O)C(=O)O. The molecular formula is C41H78BN7O10. The predicted octanol–water partition coefficient (Wildman–Crippen LogP) is 2.77. The predicted molar refractivity (Wildman–Crippen MR) is 230 cm³/mol. The summed E-state index contributed by atoms with van der Waals surface area (Å²) in [5.41, 5.74) is 12.0. The lowest BCUT2D eigenvalue weighted by Crippen LogP contribution is -2.42. The van der Waals surface area contributed by atoms with E-state index in [1.54, 1.807) is 7.98 Å². The molecule has 59 heavy (non-hydrogen) atoms. The van der Waals surface area contributed by atoms with Gasteiger partial charge in [-0.15, -0.1) is 0 Å². The molecule has 0 bridgehead atoms. The zero-order valence-electron chi connectivity index (χ0n) is 35.9. The van der Waals surface area contributed by atoms with Crippen LogP contribution in [0, 0.1) is 0 Å². The van der Waals surface area contributed by atoms with Crippen molar-refractivity contribution in [3.63, 3.8) is 0 Å². The number of amides is 4. The summed E-state index contributed by atoms with van der Waals surface area (Å²) < 4.78 is 0. The summed E-state index contributed by atoms with van der Waals surface area (Å²) in [5, 5.41) is 40.8. The summed E-state index contributed by atoms with van der Waals surface area (Å²) in [4.78, 5) is 82.4. The fourth-order valence-electron chi connectivity index (χ4n) is 6.59. The third kappa shape index (κ3) is 33.7. The normalized spacial score (nSPS) is 13.1. The molecule has 17 nitrogen and oxygen atoms in total. The first-order chi connectivity index (χ1) is 28.3. The number of hydrogen-bond acceptors (Lipinski definition) is 10. The number of carbonyl (C=O) groups excluding carboxylic acids is 4. The van der Waals surface area contributed by atoms with Gasteiger partial charge in [-0.1, -0.05) is 77.0 Å². The molecule has 0 fully saturated rings. The number of carboxylic acid groups (broad SMARTS) is 3. The molecule has 4 amide bonds. The van der Waals surface area contributed by atoms with Gasteiger partial charge in [-0.3, -0.25) is 28.8 Å². The molecule has 0 heterocycles. The molecular weight excluding hydrogens is 761 g/mol. The Hall–Kier alpha value is -3.77. The summed E-state index contributed by atoms with van der Waals surface area (Å²) in [6, 6.07) is -3.11. The molecule has 0 aromatic carbocycles. The minimum atomic E-state index is -1.18. The van der Waals surface area contributed by atoms with Crippen molar-refractivity contribution >= 4 is 49.5 Å². The quantitative estimate of drug-likeness (QED) is 0.0314. The minimum Gasteiger partial charge on any atom is -0.481 e. The molecule has 0 aliphatic heterocycles. The number of rotatable bonds is 41. The van der Waals surface area contributed by atoms with E-state index in [-0.39, 0.29) is 49.3 Å². The van der Waals surface area contributed by atoms with Crippen LogP contribution in [0.1, 0.15) is 173 Å². The Bertz CT molecular complexity index is 1200. The number of unbranched alkanes of at least 4 members (excludes halogenated alkanes) is 16. The van der Waals surface area contributed by atoms with Crippen molar-refractivity contribution in [2.45, 2.75) is 198 Å². The van der Waals surface area contributed by atoms with Crippen LogP contribution in [-0.4, -0.2) is 109 Å². The second kappa shape index (κ2) is 37.3. The molecule has 0 rings (SSSR count). The Labute approximate surface area is 352 Å². The summed E-state index contributed by atoms with van der Waals surface area (Å²) in [6.45, 7) is 1.17. The van der Waals surface area contributed by atoms with Gasteiger partial charge >= 0.3 is 17.9 Å². The molecule has 0 aromatic heterocycles. The first-order valence-corrected chi connectivity index (χ1v) is 22.3. The highest BCUT2D eigenvalue weighted by Gasteiger charge is 2.21. The van der Waals surface area contributed by atoms with Crippen LogP contribution in [0.4, 0.5) is 0 Å². The highest BCUT2D eigenvalue weighted by Crippen LogP contribution is 2.14. The molecule has 4 atom stereocenters. The monoisotopic (exact) mass is 840 g/mol. The van der Waals surface area contributed by atoms with Gasteiger partial charge in [-0.2, -0.15) is 0 Å². The van der Waals surface area contributed by atoms with E-state index < -0.39 is 42.1 Å². The lowest BCUT2D eigenvalue weighted by molar-refractivity contribution is -0.142. The van der Waals surface area contributed by atoms with Crippen LogP contribution in [0.2, 0.25) is 0 Å². The topological polar surface area (TPSA) is 292 Å². The van der Waals surface area contributed by atoms with Gasteiger partial charge in [-0.05, 0) is 77.0 Å². The van der Waals surface area contributed by atoms with Gasteiger partial charge in [0.25, 0.3) is 0 Å². The summed E-state index contributed by atoms with van der Waals surface area (Å²) in [6.07, 6.45) is 20.6. The Morgan fingerprint density at radius 2 is 0.814 bits per heavy atom. The molecule has 12 N–H and O–H groups in total. The second-order valence-electron chi connectivity index (χ2n) is 15.7. The summed E-state index contributed by atoms with van der Waals surface area (Å²) in [7, 11) is 1.60. The minimum absolute atomic E-state index is 0.0147. The average molecular weight is 840 g/mol. The number of aliphatic carboxylic acids is 3. The zero-order chi connectivity index (χ0) is 44.1. The van der Waals surface area contributed by atoms with Crippen molar-refractivity contribution in [1.82, 2.24) is 26.5 Å². The van der Waals surface area contributed by atoms with Crippen LogP contribution < -0.4 is 38.0 Å². The zero-order valence-corrected chi connectivity index (χ0v) is 35.9. The average Bonchev–Trinajstić information content (AvgIpc) is 3.19. The third-order valence-corrected chi connectivity index (χ3v) is 10.4. The molecule has 0 saturated heterocycles. The first-order valence-electron chi connectivity index (χ1n) is 22.3. The van der Waals surface area contributed by atoms with E-state index in [0.717, 1.165) is 38.5 Å². The maximum atomic E-state index is 12.4.